The number of rotatable bonds is 8. The molecule has 21 heavy (non-hydrogen) atoms. The number of nitrogens with zero attached hydrogens (tertiary/aromatic N) is 2. The Kier molecular flexibility index (Phi) is 6.35. The molecular formula is C13H23N3O4S. The van der Waals surface area contributed by atoms with E-state index in [4.69, 9.17) is 0 Å². The van der Waals surface area contributed by atoms with E-state index >= 15 is 0 Å². The molecule has 1 N–H and O–H groups in total. The molecule has 0 unspecified atom stereocenters. The van der Waals surface area contributed by atoms with Gasteiger partial charge in [0.05, 0.1) is 19.7 Å². The third-order valence-corrected chi connectivity index (χ3v) is 4.69. The molecule has 0 bridgehead atoms. The van der Waals surface area contributed by atoms with Crippen LogP contribution in [0.1, 0.15) is 33.0 Å². The summed E-state index contributed by atoms with van der Waals surface area (Å²) in [6.45, 7) is 6.15. The maximum atomic E-state index is 12.6. The standard InChI is InChI=1S/C13H23N3O4S/c1-5-11-14-8-12(15-11)21(18,19)16(9-10(2)3)7-6-13(17)20-4/h8,10H,5-7,9H2,1-4H3,(H,14,15). The van der Waals surface area contributed by atoms with Gasteiger partial charge in [-0.1, -0.05) is 20.8 Å². The van der Waals surface area contributed by atoms with E-state index in [2.05, 4.69) is 14.7 Å². The lowest BCUT2D eigenvalue weighted by Crippen LogP contribution is -2.36. The minimum Gasteiger partial charge on any atom is -0.469 e. The second-order valence-corrected chi connectivity index (χ2v) is 7.04. The zero-order valence-electron chi connectivity index (χ0n) is 12.9. The van der Waals surface area contributed by atoms with Crippen molar-refractivity contribution in [3.8, 4) is 0 Å². The van der Waals surface area contributed by atoms with Gasteiger partial charge in [-0.25, -0.2) is 13.4 Å². The summed E-state index contributed by atoms with van der Waals surface area (Å²) in [4.78, 5) is 18.1. The molecule has 0 fully saturated rings. The smallest absolute Gasteiger partial charge is 0.306 e. The van der Waals surface area contributed by atoms with Crippen molar-refractivity contribution in [1.29, 1.82) is 0 Å². The Bertz CT molecular complexity index is 566. The van der Waals surface area contributed by atoms with E-state index in [1.54, 1.807) is 0 Å². The van der Waals surface area contributed by atoms with Crippen LogP contribution >= 0.6 is 0 Å². The highest BCUT2D eigenvalue weighted by atomic mass is 32.2. The fourth-order valence-corrected chi connectivity index (χ4v) is 3.36. The van der Waals surface area contributed by atoms with E-state index in [1.165, 1.54) is 17.6 Å². The van der Waals surface area contributed by atoms with E-state index in [9.17, 15) is 13.2 Å². The van der Waals surface area contributed by atoms with Gasteiger partial charge >= 0.3 is 5.97 Å². The van der Waals surface area contributed by atoms with E-state index in [1.807, 2.05) is 20.8 Å². The number of nitrogens with one attached hydrogen (secondary N) is 1. The van der Waals surface area contributed by atoms with Crippen molar-refractivity contribution in [2.24, 2.45) is 5.92 Å². The van der Waals surface area contributed by atoms with Crippen LogP contribution in [0.4, 0.5) is 0 Å². The van der Waals surface area contributed by atoms with Crippen LogP contribution < -0.4 is 0 Å². The number of ether oxygens (including phenoxy) is 1. The van der Waals surface area contributed by atoms with Gasteiger partial charge in [0.1, 0.15) is 5.82 Å². The Morgan fingerprint density at radius 1 is 1.48 bits per heavy atom. The average molecular weight is 317 g/mol. The highest BCUT2D eigenvalue weighted by Gasteiger charge is 2.27. The minimum atomic E-state index is -3.68. The minimum absolute atomic E-state index is 0.0250. The summed E-state index contributed by atoms with van der Waals surface area (Å²) in [7, 11) is -2.40. The van der Waals surface area contributed by atoms with Crippen LogP contribution in [0, 0.1) is 5.92 Å². The maximum Gasteiger partial charge on any atom is 0.306 e. The summed E-state index contributed by atoms with van der Waals surface area (Å²) < 4.78 is 31.1. The summed E-state index contributed by atoms with van der Waals surface area (Å²) in [5, 5.41) is 0.0601. The molecule has 1 aromatic heterocycles. The Balaban J connectivity index is 2.96. The number of esters is 1. The molecule has 0 atom stereocenters. The fourth-order valence-electron chi connectivity index (χ4n) is 1.83. The Morgan fingerprint density at radius 2 is 2.14 bits per heavy atom. The third-order valence-electron chi connectivity index (χ3n) is 2.92. The molecule has 0 aliphatic heterocycles. The Hall–Kier alpha value is -1.41. The molecule has 8 heteroatoms. The van der Waals surface area contributed by atoms with Crippen LogP contribution in [0.3, 0.4) is 0 Å². The number of carbonyl (C=O) groups is 1. The van der Waals surface area contributed by atoms with Crippen molar-refractivity contribution in [1.82, 2.24) is 14.3 Å². The van der Waals surface area contributed by atoms with Gasteiger partial charge in [-0.3, -0.25) is 4.79 Å². The largest absolute Gasteiger partial charge is 0.469 e. The van der Waals surface area contributed by atoms with E-state index in [0.717, 1.165) is 0 Å². The normalized spacial score (nSPS) is 12.1. The maximum absolute atomic E-state index is 12.6. The first-order valence-electron chi connectivity index (χ1n) is 6.92. The zero-order valence-corrected chi connectivity index (χ0v) is 13.7. The molecule has 0 saturated carbocycles. The quantitative estimate of drug-likeness (QED) is 0.727. The molecule has 0 amide bonds. The van der Waals surface area contributed by atoms with E-state index in [-0.39, 0.29) is 23.9 Å². The average Bonchev–Trinajstić information content (AvgIpc) is 2.92. The van der Waals surface area contributed by atoms with Crippen molar-refractivity contribution < 1.29 is 17.9 Å². The van der Waals surface area contributed by atoms with Crippen molar-refractivity contribution >= 4 is 16.0 Å². The molecule has 1 aromatic rings. The first-order chi connectivity index (χ1) is 9.81. The van der Waals surface area contributed by atoms with Gasteiger partial charge in [0, 0.05) is 19.5 Å². The van der Waals surface area contributed by atoms with Crippen LogP contribution in [0.15, 0.2) is 11.2 Å². The summed E-state index contributed by atoms with van der Waals surface area (Å²) in [6.07, 6.45) is 1.97. The van der Waals surface area contributed by atoms with Crippen LogP contribution in [-0.4, -0.2) is 48.9 Å². The lowest BCUT2D eigenvalue weighted by molar-refractivity contribution is -0.140. The number of aromatic amines is 1. The number of methoxy groups -OCH3 is 1. The molecule has 120 valence electrons. The second kappa shape index (κ2) is 7.56. The van der Waals surface area contributed by atoms with Crippen LogP contribution in [-0.2, 0) is 26.0 Å². The molecule has 1 heterocycles. The molecule has 0 radical (unpaired) electrons. The number of aromatic nitrogens is 2. The third kappa shape index (κ3) is 4.82. The van der Waals surface area contributed by atoms with Crippen molar-refractivity contribution in [3.63, 3.8) is 0 Å². The molecule has 0 aromatic carbocycles. The number of carbonyl (C=O) groups excluding carboxylic acids is 1. The Labute approximate surface area is 125 Å². The van der Waals surface area contributed by atoms with Crippen LogP contribution in [0.2, 0.25) is 0 Å². The number of H-pyrrole nitrogens is 1. The summed E-state index contributed by atoms with van der Waals surface area (Å²) in [6, 6.07) is 0. The zero-order chi connectivity index (χ0) is 16.0. The lowest BCUT2D eigenvalue weighted by atomic mass is 10.2. The van der Waals surface area contributed by atoms with E-state index in [0.29, 0.717) is 18.8 Å². The number of sulfonamides is 1. The van der Waals surface area contributed by atoms with Gasteiger partial charge in [0.15, 0.2) is 5.03 Å². The van der Waals surface area contributed by atoms with E-state index < -0.39 is 16.0 Å². The number of imidazole rings is 1. The predicted octanol–water partition coefficient (Wildman–Crippen LogP) is 1.18. The van der Waals surface area contributed by atoms with Gasteiger partial charge in [-0.2, -0.15) is 4.31 Å². The molecule has 0 aliphatic rings. The highest BCUT2D eigenvalue weighted by Crippen LogP contribution is 2.16. The van der Waals surface area contributed by atoms with Gasteiger partial charge in [-0.15, -0.1) is 0 Å². The molecule has 0 saturated heterocycles. The molecule has 1 rings (SSSR count). The van der Waals surface area contributed by atoms with Crippen molar-refractivity contribution in [2.75, 3.05) is 20.2 Å². The SMILES string of the molecule is CCc1ncc(S(=O)(=O)N(CCC(=O)OC)CC(C)C)[nH]1. The fraction of sp³-hybridized carbons (Fsp3) is 0.692. The number of hydrogen-bond acceptors (Lipinski definition) is 5. The van der Waals surface area contributed by atoms with Gasteiger partial charge in [0.2, 0.25) is 0 Å². The highest BCUT2D eigenvalue weighted by molar-refractivity contribution is 7.89. The molecule has 7 nitrogen and oxygen atoms in total. The van der Waals surface area contributed by atoms with Crippen molar-refractivity contribution in [3.05, 3.63) is 12.0 Å². The molecular weight excluding hydrogens is 294 g/mol. The number of hydrogen-bond donors (Lipinski definition) is 1. The number of aryl methyl sites for hydroxylation is 1. The van der Waals surface area contributed by atoms with Gasteiger partial charge in [0.25, 0.3) is 10.0 Å². The first-order valence-corrected chi connectivity index (χ1v) is 8.36. The summed E-state index contributed by atoms with van der Waals surface area (Å²) in [5.41, 5.74) is 0. The first kappa shape index (κ1) is 17.6. The van der Waals surface area contributed by atoms with Gasteiger partial charge < -0.3 is 9.72 Å². The van der Waals surface area contributed by atoms with Crippen molar-refractivity contribution in [2.45, 2.75) is 38.6 Å². The summed E-state index contributed by atoms with van der Waals surface area (Å²) >= 11 is 0. The summed E-state index contributed by atoms with van der Waals surface area (Å²) in [5.74, 6) is 0.329. The lowest BCUT2D eigenvalue weighted by Gasteiger charge is -2.22. The van der Waals surface area contributed by atoms with Crippen LogP contribution in [0.25, 0.3) is 0 Å². The van der Waals surface area contributed by atoms with Gasteiger partial charge in [-0.05, 0) is 5.92 Å². The monoisotopic (exact) mass is 317 g/mol. The Morgan fingerprint density at radius 3 is 2.62 bits per heavy atom. The molecule has 0 aliphatic carbocycles. The predicted molar refractivity (Wildman–Crippen MR) is 78.2 cm³/mol. The van der Waals surface area contributed by atoms with Crippen LogP contribution in [0.5, 0.6) is 0 Å². The topological polar surface area (TPSA) is 92.4 Å². The molecule has 0 spiro atoms. The second-order valence-electron chi connectivity index (χ2n) is 5.13.